The summed E-state index contributed by atoms with van der Waals surface area (Å²) in [5.41, 5.74) is 6.74. The summed E-state index contributed by atoms with van der Waals surface area (Å²) in [6, 6.07) is 8.11. The van der Waals surface area contributed by atoms with Gasteiger partial charge in [-0.25, -0.2) is 0 Å². The van der Waals surface area contributed by atoms with Gasteiger partial charge in [0.05, 0.1) is 6.10 Å². The van der Waals surface area contributed by atoms with Crippen LogP contribution in [-0.2, 0) is 16.0 Å². The van der Waals surface area contributed by atoms with Crippen LogP contribution >= 0.6 is 24.0 Å². The van der Waals surface area contributed by atoms with E-state index < -0.39 is 0 Å². The molecule has 2 heterocycles. The first kappa shape index (κ1) is 18.5. The molecule has 0 bridgehead atoms. The minimum Gasteiger partial charge on any atom is -0.364 e. The van der Waals surface area contributed by atoms with Crippen molar-refractivity contribution in [1.29, 1.82) is 0 Å². The fourth-order valence-corrected chi connectivity index (χ4v) is 3.71. The summed E-state index contributed by atoms with van der Waals surface area (Å²) >= 11 is 6.25. The Kier molecular flexibility index (Phi) is 6.72. The van der Waals surface area contributed by atoms with Crippen molar-refractivity contribution in [1.82, 2.24) is 4.90 Å². The predicted molar refractivity (Wildman–Crippen MR) is 94.1 cm³/mol. The van der Waals surface area contributed by atoms with Crippen molar-refractivity contribution in [3.05, 3.63) is 34.9 Å². The van der Waals surface area contributed by atoms with Gasteiger partial charge in [-0.3, -0.25) is 4.79 Å². The van der Waals surface area contributed by atoms with Crippen LogP contribution in [0.25, 0.3) is 0 Å². The number of hydrogen-bond acceptors (Lipinski definition) is 3. The second-order valence-corrected chi connectivity index (χ2v) is 6.59. The minimum atomic E-state index is -0.305. The molecule has 2 saturated heterocycles. The molecular formula is C17H24Cl2N2O2. The molecule has 6 heteroatoms. The van der Waals surface area contributed by atoms with E-state index in [0.29, 0.717) is 6.54 Å². The zero-order valence-corrected chi connectivity index (χ0v) is 14.7. The second kappa shape index (κ2) is 8.34. The molecule has 1 unspecified atom stereocenters. The van der Waals surface area contributed by atoms with Gasteiger partial charge in [-0.1, -0.05) is 29.8 Å². The zero-order chi connectivity index (χ0) is 15.5. The monoisotopic (exact) mass is 358 g/mol. The number of hydrogen-bond donors (Lipinski definition) is 1. The number of nitrogens with two attached hydrogens (primary N) is 1. The topological polar surface area (TPSA) is 55.6 Å². The number of benzene rings is 1. The van der Waals surface area contributed by atoms with Crippen LogP contribution in [0.4, 0.5) is 0 Å². The summed E-state index contributed by atoms with van der Waals surface area (Å²) in [4.78, 5) is 14.7. The summed E-state index contributed by atoms with van der Waals surface area (Å²) in [7, 11) is 0. The standard InChI is InChI=1S/C17H23ClN2O2.ClH/c18-15-6-2-1-4-12(15)10-13-5-3-9-20(13)17(21)16-8-7-14(11-19)22-16;/h1-2,4,6,13-14,16H,3,5,7-11,19H2;1H/t13?,14-,16+;/m1./s1. The predicted octanol–water partition coefficient (Wildman–Crippen LogP) is 2.80. The van der Waals surface area contributed by atoms with Gasteiger partial charge < -0.3 is 15.4 Å². The lowest BCUT2D eigenvalue weighted by molar-refractivity contribution is -0.143. The van der Waals surface area contributed by atoms with Crippen LogP contribution in [0.2, 0.25) is 5.02 Å². The smallest absolute Gasteiger partial charge is 0.251 e. The Labute approximate surface area is 148 Å². The van der Waals surface area contributed by atoms with Crippen molar-refractivity contribution in [2.24, 2.45) is 5.73 Å². The first-order chi connectivity index (χ1) is 10.7. The molecule has 1 aromatic carbocycles. The highest BCUT2D eigenvalue weighted by molar-refractivity contribution is 6.31. The van der Waals surface area contributed by atoms with Crippen molar-refractivity contribution >= 4 is 29.9 Å². The third-order valence-corrected chi connectivity index (χ3v) is 5.09. The number of likely N-dealkylation sites (tertiary alicyclic amines) is 1. The highest BCUT2D eigenvalue weighted by Gasteiger charge is 2.37. The van der Waals surface area contributed by atoms with Gasteiger partial charge in [-0.2, -0.15) is 0 Å². The summed E-state index contributed by atoms with van der Waals surface area (Å²) in [5, 5.41) is 0.780. The van der Waals surface area contributed by atoms with Crippen LogP contribution < -0.4 is 5.73 Å². The van der Waals surface area contributed by atoms with E-state index in [0.717, 1.165) is 49.2 Å². The summed E-state index contributed by atoms with van der Waals surface area (Å²) < 4.78 is 5.76. The first-order valence-electron chi connectivity index (χ1n) is 8.08. The molecule has 23 heavy (non-hydrogen) atoms. The van der Waals surface area contributed by atoms with E-state index in [9.17, 15) is 4.79 Å². The van der Waals surface area contributed by atoms with E-state index in [1.54, 1.807) is 0 Å². The Morgan fingerprint density at radius 3 is 2.78 bits per heavy atom. The Bertz CT molecular complexity index is 541. The van der Waals surface area contributed by atoms with E-state index in [2.05, 4.69) is 0 Å². The Morgan fingerprint density at radius 2 is 2.09 bits per heavy atom. The molecule has 2 aliphatic heterocycles. The van der Waals surface area contributed by atoms with Crippen molar-refractivity contribution in [3.8, 4) is 0 Å². The first-order valence-corrected chi connectivity index (χ1v) is 8.46. The van der Waals surface area contributed by atoms with Crippen LogP contribution in [-0.4, -0.2) is 42.1 Å². The second-order valence-electron chi connectivity index (χ2n) is 6.18. The third-order valence-electron chi connectivity index (χ3n) is 4.72. The molecule has 0 saturated carbocycles. The van der Waals surface area contributed by atoms with Gasteiger partial charge in [-0.05, 0) is 43.7 Å². The van der Waals surface area contributed by atoms with Crippen molar-refractivity contribution < 1.29 is 9.53 Å². The lowest BCUT2D eigenvalue weighted by Gasteiger charge is -2.27. The molecule has 1 amide bonds. The lowest BCUT2D eigenvalue weighted by Crippen LogP contribution is -2.43. The van der Waals surface area contributed by atoms with Gasteiger partial charge in [0.25, 0.3) is 5.91 Å². The SMILES string of the molecule is Cl.NC[C@H]1CC[C@@H](C(=O)N2CCCC2Cc2ccccc2Cl)O1. The maximum Gasteiger partial charge on any atom is 0.251 e. The van der Waals surface area contributed by atoms with Gasteiger partial charge in [0.15, 0.2) is 0 Å². The highest BCUT2D eigenvalue weighted by Crippen LogP contribution is 2.28. The average molecular weight is 359 g/mol. The Hall–Kier alpha value is -0.810. The molecule has 2 N–H and O–H groups in total. The average Bonchev–Trinajstić information content (AvgIpc) is 3.18. The third kappa shape index (κ3) is 4.18. The van der Waals surface area contributed by atoms with Crippen molar-refractivity contribution in [3.63, 3.8) is 0 Å². The normalized spacial score (nSPS) is 27.0. The summed E-state index contributed by atoms with van der Waals surface area (Å²) in [6.45, 7) is 1.31. The van der Waals surface area contributed by atoms with Gasteiger partial charge >= 0.3 is 0 Å². The maximum absolute atomic E-state index is 12.7. The molecule has 1 aromatic rings. The molecule has 3 rings (SSSR count). The van der Waals surface area contributed by atoms with Crippen LogP contribution in [0.15, 0.2) is 24.3 Å². The van der Waals surface area contributed by atoms with Crippen molar-refractivity contribution in [2.45, 2.75) is 50.4 Å². The Balaban J connectivity index is 0.00000192. The molecular weight excluding hydrogens is 335 g/mol. The van der Waals surface area contributed by atoms with Crippen LogP contribution in [0.5, 0.6) is 0 Å². The fourth-order valence-electron chi connectivity index (χ4n) is 3.50. The molecule has 3 atom stereocenters. The van der Waals surface area contributed by atoms with E-state index >= 15 is 0 Å². The number of carbonyl (C=O) groups is 1. The van der Waals surface area contributed by atoms with Gasteiger partial charge in [-0.15, -0.1) is 12.4 Å². The number of ether oxygens (including phenoxy) is 1. The van der Waals surface area contributed by atoms with E-state index in [1.165, 1.54) is 0 Å². The minimum absolute atomic E-state index is 0. The molecule has 0 aliphatic carbocycles. The molecule has 2 aliphatic rings. The largest absolute Gasteiger partial charge is 0.364 e. The van der Waals surface area contributed by atoms with E-state index in [4.69, 9.17) is 22.1 Å². The highest BCUT2D eigenvalue weighted by atomic mass is 35.5. The Morgan fingerprint density at radius 1 is 1.30 bits per heavy atom. The van der Waals surface area contributed by atoms with Gasteiger partial charge in [0.2, 0.25) is 0 Å². The zero-order valence-electron chi connectivity index (χ0n) is 13.1. The molecule has 0 radical (unpaired) electrons. The lowest BCUT2D eigenvalue weighted by atomic mass is 10.0. The summed E-state index contributed by atoms with van der Waals surface area (Å²) in [5.74, 6) is 0.130. The van der Waals surface area contributed by atoms with E-state index in [1.807, 2.05) is 29.2 Å². The number of nitrogens with zero attached hydrogens (tertiary/aromatic N) is 1. The quantitative estimate of drug-likeness (QED) is 0.900. The van der Waals surface area contributed by atoms with E-state index in [-0.39, 0.29) is 36.6 Å². The van der Waals surface area contributed by atoms with Crippen LogP contribution in [0.1, 0.15) is 31.2 Å². The molecule has 0 aromatic heterocycles. The van der Waals surface area contributed by atoms with Crippen LogP contribution in [0, 0.1) is 0 Å². The number of carbonyl (C=O) groups excluding carboxylic acids is 1. The molecule has 128 valence electrons. The summed E-state index contributed by atoms with van der Waals surface area (Å²) in [6.07, 6.45) is 4.31. The van der Waals surface area contributed by atoms with Crippen LogP contribution in [0.3, 0.4) is 0 Å². The number of halogens is 2. The van der Waals surface area contributed by atoms with Gasteiger partial charge in [0, 0.05) is 24.2 Å². The molecule has 0 spiro atoms. The van der Waals surface area contributed by atoms with Gasteiger partial charge in [0.1, 0.15) is 6.10 Å². The van der Waals surface area contributed by atoms with Crippen molar-refractivity contribution in [2.75, 3.05) is 13.1 Å². The number of rotatable bonds is 4. The molecule has 4 nitrogen and oxygen atoms in total. The number of amides is 1. The molecule has 2 fully saturated rings. The maximum atomic E-state index is 12.7. The fraction of sp³-hybridized carbons (Fsp3) is 0.588.